The number of amidine groups is 1. The average molecular weight is 362 g/mol. The molecule has 0 spiro atoms. The zero-order valence-electron chi connectivity index (χ0n) is 14.5. The van der Waals surface area contributed by atoms with Crippen molar-refractivity contribution in [1.29, 1.82) is 0 Å². The zero-order chi connectivity index (χ0) is 19.6. The van der Waals surface area contributed by atoms with Crippen molar-refractivity contribution in [3.05, 3.63) is 66.0 Å². The fourth-order valence-corrected chi connectivity index (χ4v) is 2.95. The summed E-state index contributed by atoms with van der Waals surface area (Å²) in [6.45, 7) is 0. The number of benzene rings is 3. The Morgan fingerprint density at radius 1 is 1.07 bits per heavy atom. The zero-order valence-corrected chi connectivity index (χ0v) is 14.5. The summed E-state index contributed by atoms with van der Waals surface area (Å²) in [7, 11) is 7.49. The van der Waals surface area contributed by atoms with E-state index in [1.54, 1.807) is 24.3 Å². The molecule has 4 N–H and O–H groups in total. The molecular weight excluding hydrogens is 346 g/mol. The molecule has 0 aliphatic carbocycles. The van der Waals surface area contributed by atoms with Crippen molar-refractivity contribution < 1.29 is 19.4 Å². The average Bonchev–Trinajstić information content (AvgIpc) is 2.67. The molecule has 0 heterocycles. The molecule has 0 fully saturated rings. The molecule has 0 atom stereocenters. The fourth-order valence-electron chi connectivity index (χ4n) is 2.95. The van der Waals surface area contributed by atoms with Gasteiger partial charge in [0.1, 0.15) is 25.2 Å². The molecule has 5 nitrogen and oxygen atoms in total. The van der Waals surface area contributed by atoms with Gasteiger partial charge in [-0.15, -0.1) is 0 Å². The van der Waals surface area contributed by atoms with Gasteiger partial charge in [0, 0.05) is 16.7 Å². The van der Waals surface area contributed by atoms with Crippen LogP contribution in [0.3, 0.4) is 0 Å². The molecule has 2 radical (unpaired) electrons. The Labute approximate surface area is 156 Å². The third-order valence-corrected chi connectivity index (χ3v) is 4.15. The van der Waals surface area contributed by atoms with Crippen molar-refractivity contribution in [2.24, 2.45) is 10.9 Å². The van der Waals surface area contributed by atoms with Crippen LogP contribution in [0.1, 0.15) is 5.56 Å². The number of rotatable bonds is 4. The second-order valence-electron chi connectivity index (χ2n) is 5.87. The van der Waals surface area contributed by atoms with Crippen LogP contribution in [-0.2, 0) is 0 Å². The number of nitrogens with zero attached hydrogens (tertiary/aromatic N) is 1. The molecule has 0 unspecified atom stereocenters. The number of hydrogen-bond donors (Lipinski definition) is 3. The standard InChI is InChI=1S/C20H16BFN2O3/c1-27-18-7-4-13(22)10-16(18)19-15(11-2-5-14(25)6-3-11)8-12(21)9-17(19)20(23)24-26/h2-10,25-26H,1H3,(H2,23,24). The van der Waals surface area contributed by atoms with E-state index < -0.39 is 5.82 Å². The van der Waals surface area contributed by atoms with E-state index in [1.807, 2.05) is 0 Å². The second-order valence-corrected chi connectivity index (χ2v) is 5.87. The molecule has 0 bridgehead atoms. The first-order valence-electron chi connectivity index (χ1n) is 7.99. The molecular formula is C20H16BFN2O3. The van der Waals surface area contributed by atoms with Crippen LogP contribution in [0.4, 0.5) is 4.39 Å². The van der Waals surface area contributed by atoms with Gasteiger partial charge in [-0.2, -0.15) is 0 Å². The maximum atomic E-state index is 14.0. The summed E-state index contributed by atoms with van der Waals surface area (Å²) in [4.78, 5) is 0. The van der Waals surface area contributed by atoms with Crippen LogP contribution in [0.25, 0.3) is 22.3 Å². The third-order valence-electron chi connectivity index (χ3n) is 4.15. The summed E-state index contributed by atoms with van der Waals surface area (Å²) in [5.41, 5.74) is 8.79. The first-order chi connectivity index (χ1) is 12.9. The molecule has 3 aromatic carbocycles. The van der Waals surface area contributed by atoms with Crippen molar-refractivity contribution in [1.82, 2.24) is 0 Å². The van der Waals surface area contributed by atoms with Gasteiger partial charge in [-0.05, 0) is 41.5 Å². The predicted octanol–water partition coefficient (Wildman–Crippen LogP) is 2.76. The number of aromatic hydroxyl groups is 1. The maximum absolute atomic E-state index is 14.0. The van der Waals surface area contributed by atoms with Crippen molar-refractivity contribution in [2.75, 3.05) is 7.11 Å². The van der Waals surface area contributed by atoms with Crippen LogP contribution in [0.5, 0.6) is 11.5 Å². The Bertz CT molecular complexity index is 1020. The van der Waals surface area contributed by atoms with Gasteiger partial charge in [-0.3, -0.25) is 0 Å². The first kappa shape index (κ1) is 18.3. The Kier molecular flexibility index (Phi) is 5.03. The SMILES string of the molecule is [B]c1cc(/C(N)=N/O)c(-c2cc(F)ccc2OC)c(-c2ccc(O)cc2)c1. The van der Waals surface area contributed by atoms with Crippen molar-refractivity contribution >= 4 is 19.1 Å². The third kappa shape index (κ3) is 3.57. The lowest BCUT2D eigenvalue weighted by Crippen LogP contribution is -2.19. The number of phenols is 1. The van der Waals surface area contributed by atoms with Gasteiger partial charge in [-0.1, -0.05) is 34.9 Å². The first-order valence-corrected chi connectivity index (χ1v) is 7.99. The van der Waals surface area contributed by atoms with E-state index in [0.29, 0.717) is 39.0 Å². The van der Waals surface area contributed by atoms with E-state index >= 15 is 0 Å². The normalized spacial score (nSPS) is 11.4. The van der Waals surface area contributed by atoms with Crippen LogP contribution < -0.4 is 15.9 Å². The highest BCUT2D eigenvalue weighted by atomic mass is 19.1. The predicted molar refractivity (Wildman–Crippen MR) is 103 cm³/mol. The second kappa shape index (κ2) is 7.41. The van der Waals surface area contributed by atoms with Gasteiger partial charge in [0.05, 0.1) is 7.11 Å². The molecule has 0 aliphatic rings. The summed E-state index contributed by atoms with van der Waals surface area (Å²) >= 11 is 0. The molecule has 0 aromatic heterocycles. The Balaban J connectivity index is 2.43. The summed E-state index contributed by atoms with van der Waals surface area (Å²) in [5.74, 6) is -0.134. The lowest BCUT2D eigenvalue weighted by molar-refractivity contribution is 0.318. The van der Waals surface area contributed by atoms with Crippen LogP contribution in [-0.4, -0.2) is 31.1 Å². The molecule has 0 saturated carbocycles. The topological polar surface area (TPSA) is 88.1 Å². The summed E-state index contributed by atoms with van der Waals surface area (Å²) in [6.07, 6.45) is 0. The maximum Gasteiger partial charge on any atom is 0.170 e. The number of oxime groups is 1. The van der Waals surface area contributed by atoms with Gasteiger partial charge in [-0.25, -0.2) is 4.39 Å². The van der Waals surface area contributed by atoms with E-state index in [2.05, 4.69) is 5.16 Å². The molecule has 134 valence electrons. The van der Waals surface area contributed by atoms with Gasteiger partial charge in [0.15, 0.2) is 5.84 Å². The summed E-state index contributed by atoms with van der Waals surface area (Å²) < 4.78 is 19.4. The van der Waals surface area contributed by atoms with E-state index in [4.69, 9.17) is 18.3 Å². The number of hydrogen-bond acceptors (Lipinski definition) is 4. The molecule has 27 heavy (non-hydrogen) atoms. The number of ether oxygens (including phenoxy) is 1. The Hall–Kier alpha value is -3.48. The number of nitrogens with two attached hydrogens (primary N) is 1. The van der Waals surface area contributed by atoms with Gasteiger partial charge in [0.25, 0.3) is 0 Å². The van der Waals surface area contributed by atoms with Crippen LogP contribution >= 0.6 is 0 Å². The Morgan fingerprint density at radius 3 is 2.41 bits per heavy atom. The van der Waals surface area contributed by atoms with E-state index in [1.165, 1.54) is 37.4 Å². The highest BCUT2D eigenvalue weighted by Crippen LogP contribution is 2.40. The van der Waals surface area contributed by atoms with Gasteiger partial charge < -0.3 is 20.8 Å². The summed E-state index contributed by atoms with van der Waals surface area (Å²) in [6, 6.07) is 13.7. The molecule has 0 aliphatic heterocycles. The monoisotopic (exact) mass is 362 g/mol. The molecule has 3 aromatic rings. The largest absolute Gasteiger partial charge is 0.508 e. The minimum atomic E-state index is -0.468. The minimum Gasteiger partial charge on any atom is -0.508 e. The molecule has 0 amide bonds. The number of halogens is 1. The van der Waals surface area contributed by atoms with E-state index in [9.17, 15) is 14.7 Å². The lowest BCUT2D eigenvalue weighted by atomic mass is 9.83. The molecule has 3 rings (SSSR count). The van der Waals surface area contributed by atoms with Crippen molar-refractivity contribution in [2.45, 2.75) is 0 Å². The number of methoxy groups -OCH3 is 1. The smallest absolute Gasteiger partial charge is 0.170 e. The Morgan fingerprint density at radius 2 is 1.78 bits per heavy atom. The highest BCUT2D eigenvalue weighted by Gasteiger charge is 2.20. The molecule has 7 heteroatoms. The van der Waals surface area contributed by atoms with Gasteiger partial charge in [0.2, 0.25) is 0 Å². The lowest BCUT2D eigenvalue weighted by Gasteiger charge is -2.19. The minimum absolute atomic E-state index is 0.101. The molecule has 0 saturated heterocycles. The quantitative estimate of drug-likeness (QED) is 0.219. The van der Waals surface area contributed by atoms with Crippen molar-refractivity contribution in [3.63, 3.8) is 0 Å². The van der Waals surface area contributed by atoms with E-state index in [0.717, 1.165) is 0 Å². The fraction of sp³-hybridized carbons (Fsp3) is 0.0500. The van der Waals surface area contributed by atoms with Crippen molar-refractivity contribution in [3.8, 4) is 33.8 Å². The van der Waals surface area contributed by atoms with Crippen LogP contribution in [0.15, 0.2) is 59.8 Å². The highest BCUT2D eigenvalue weighted by molar-refractivity contribution is 6.33. The summed E-state index contributed by atoms with van der Waals surface area (Å²) in [5, 5.41) is 21.9. The van der Waals surface area contributed by atoms with Crippen LogP contribution in [0.2, 0.25) is 0 Å². The van der Waals surface area contributed by atoms with Crippen LogP contribution in [0, 0.1) is 5.82 Å². The number of phenolic OH excluding ortho intramolecular Hbond substituents is 1. The van der Waals surface area contributed by atoms with Gasteiger partial charge >= 0.3 is 0 Å². The van der Waals surface area contributed by atoms with E-state index in [-0.39, 0.29) is 11.6 Å².